The van der Waals surface area contributed by atoms with Gasteiger partial charge in [0.15, 0.2) is 5.78 Å². The first kappa shape index (κ1) is 10.8. The highest BCUT2D eigenvalue weighted by Crippen LogP contribution is 2.13. The van der Waals surface area contributed by atoms with Gasteiger partial charge >= 0.3 is 5.69 Å². The molecule has 2 rings (SSSR count). The minimum Gasteiger partial charge on any atom is -0.316 e. The summed E-state index contributed by atoms with van der Waals surface area (Å²) in [5.41, 5.74) is -1.17. The van der Waals surface area contributed by atoms with Gasteiger partial charge < -0.3 is 10.3 Å². The molecule has 0 radical (unpaired) electrons. The van der Waals surface area contributed by atoms with Crippen LogP contribution in [0.25, 0.3) is 0 Å². The van der Waals surface area contributed by atoms with Crippen LogP contribution in [0.3, 0.4) is 0 Å². The number of piperidine rings is 1. The normalized spacial score (nSPS) is 20.6. The molecule has 3 N–H and O–H groups in total. The summed E-state index contributed by atoms with van der Waals surface area (Å²) in [5, 5.41) is 3.11. The lowest BCUT2D eigenvalue weighted by molar-refractivity contribution is 0.0897. The third-order valence-electron chi connectivity index (χ3n) is 2.75. The molecule has 1 aromatic rings. The van der Waals surface area contributed by atoms with E-state index in [1.807, 2.05) is 0 Å². The molecule has 1 unspecified atom stereocenters. The first-order valence-corrected chi connectivity index (χ1v) is 5.25. The fourth-order valence-corrected chi connectivity index (χ4v) is 1.89. The Morgan fingerprint density at radius 1 is 1.38 bits per heavy atom. The molecule has 0 amide bonds. The van der Waals surface area contributed by atoms with Crippen LogP contribution in [0.5, 0.6) is 0 Å². The average Bonchev–Trinajstić information content (AvgIpc) is 2.29. The summed E-state index contributed by atoms with van der Waals surface area (Å²) in [7, 11) is 0. The minimum absolute atomic E-state index is 0.0355. The second-order valence-corrected chi connectivity index (χ2v) is 3.89. The first-order chi connectivity index (χ1) is 7.68. The van der Waals surface area contributed by atoms with Crippen molar-refractivity contribution in [2.45, 2.75) is 12.8 Å². The van der Waals surface area contributed by atoms with Crippen molar-refractivity contribution in [3.63, 3.8) is 0 Å². The summed E-state index contributed by atoms with van der Waals surface area (Å²) >= 11 is 0. The zero-order valence-electron chi connectivity index (χ0n) is 8.71. The maximum atomic E-state index is 11.9. The number of nitrogens with one attached hydrogen (secondary N) is 3. The maximum absolute atomic E-state index is 11.9. The number of rotatable bonds is 2. The van der Waals surface area contributed by atoms with Crippen molar-refractivity contribution in [2.75, 3.05) is 13.1 Å². The van der Waals surface area contributed by atoms with E-state index in [1.165, 1.54) is 6.20 Å². The van der Waals surface area contributed by atoms with Gasteiger partial charge in [0.05, 0.1) is 5.56 Å². The molecule has 1 saturated heterocycles. The van der Waals surface area contributed by atoms with Crippen molar-refractivity contribution >= 4 is 5.78 Å². The summed E-state index contributed by atoms with van der Waals surface area (Å²) in [5.74, 6) is -0.370. The highest BCUT2D eigenvalue weighted by molar-refractivity contribution is 5.97. The molecule has 1 aliphatic heterocycles. The molecule has 1 atom stereocenters. The second kappa shape index (κ2) is 4.44. The van der Waals surface area contributed by atoms with E-state index in [0.717, 1.165) is 19.4 Å². The summed E-state index contributed by atoms with van der Waals surface area (Å²) in [6.45, 7) is 1.50. The number of hydrogen-bond acceptors (Lipinski definition) is 4. The third-order valence-corrected chi connectivity index (χ3v) is 2.75. The summed E-state index contributed by atoms with van der Waals surface area (Å²) < 4.78 is 0. The molecule has 0 spiro atoms. The number of carbonyl (C=O) groups is 1. The van der Waals surface area contributed by atoms with E-state index in [-0.39, 0.29) is 17.3 Å². The summed E-state index contributed by atoms with van der Waals surface area (Å²) in [6, 6.07) is 0. The standard InChI is InChI=1S/C10H13N3O3/c14-8(6-2-1-3-11-4-6)7-5-12-10(16)13-9(7)15/h5-6,11H,1-4H2,(H2,12,13,15,16). The van der Waals surface area contributed by atoms with Gasteiger partial charge in [-0.2, -0.15) is 0 Å². The number of ketones is 1. The molecule has 6 heteroatoms. The van der Waals surface area contributed by atoms with Gasteiger partial charge in [0, 0.05) is 18.7 Å². The monoisotopic (exact) mass is 223 g/mol. The van der Waals surface area contributed by atoms with Crippen LogP contribution >= 0.6 is 0 Å². The van der Waals surface area contributed by atoms with Crippen LogP contribution in [0, 0.1) is 5.92 Å². The second-order valence-electron chi connectivity index (χ2n) is 3.89. The fourth-order valence-electron chi connectivity index (χ4n) is 1.89. The Morgan fingerprint density at radius 3 is 2.81 bits per heavy atom. The number of Topliss-reactive ketones (excluding diaryl/α,β-unsaturated/α-hetero) is 1. The van der Waals surface area contributed by atoms with Gasteiger partial charge in [-0.05, 0) is 19.4 Å². The van der Waals surface area contributed by atoms with Gasteiger partial charge in [-0.1, -0.05) is 0 Å². The van der Waals surface area contributed by atoms with Crippen LogP contribution < -0.4 is 16.6 Å². The number of H-pyrrole nitrogens is 2. The van der Waals surface area contributed by atoms with Crippen molar-refractivity contribution in [1.29, 1.82) is 0 Å². The van der Waals surface area contributed by atoms with Crippen LogP contribution in [0.4, 0.5) is 0 Å². The third kappa shape index (κ3) is 2.11. The smallest absolute Gasteiger partial charge is 0.316 e. The predicted octanol–water partition coefficient (Wildman–Crippen LogP) is -0.755. The molecule has 86 valence electrons. The van der Waals surface area contributed by atoms with Crippen molar-refractivity contribution in [2.24, 2.45) is 5.92 Å². The summed E-state index contributed by atoms with van der Waals surface area (Å²) in [6.07, 6.45) is 2.90. The average molecular weight is 223 g/mol. The van der Waals surface area contributed by atoms with Gasteiger partial charge in [-0.15, -0.1) is 0 Å². The van der Waals surface area contributed by atoms with E-state index >= 15 is 0 Å². The van der Waals surface area contributed by atoms with Crippen molar-refractivity contribution in [1.82, 2.24) is 15.3 Å². The number of aromatic amines is 2. The molecule has 1 aromatic heterocycles. The highest BCUT2D eigenvalue weighted by Gasteiger charge is 2.24. The van der Waals surface area contributed by atoms with E-state index in [1.54, 1.807) is 0 Å². The van der Waals surface area contributed by atoms with Crippen molar-refractivity contribution < 1.29 is 4.79 Å². The van der Waals surface area contributed by atoms with Crippen LogP contribution in [0.15, 0.2) is 15.8 Å². The number of carbonyl (C=O) groups excluding carboxylic acids is 1. The Balaban J connectivity index is 2.26. The Bertz CT molecular complexity index is 497. The SMILES string of the molecule is O=C(c1c[nH]c(=O)[nH]c1=O)C1CCCNC1. The zero-order chi connectivity index (χ0) is 11.5. The largest absolute Gasteiger partial charge is 0.325 e. The zero-order valence-corrected chi connectivity index (χ0v) is 8.71. The van der Waals surface area contributed by atoms with Gasteiger partial charge in [0.25, 0.3) is 5.56 Å². The van der Waals surface area contributed by atoms with Crippen LogP contribution in [0.1, 0.15) is 23.2 Å². The highest BCUT2D eigenvalue weighted by atomic mass is 16.2. The number of aromatic nitrogens is 2. The Kier molecular flexibility index (Phi) is 3.00. The predicted molar refractivity (Wildman–Crippen MR) is 57.6 cm³/mol. The lowest BCUT2D eigenvalue weighted by Crippen LogP contribution is -2.37. The lowest BCUT2D eigenvalue weighted by atomic mass is 9.92. The van der Waals surface area contributed by atoms with Crippen LogP contribution in [-0.2, 0) is 0 Å². The Morgan fingerprint density at radius 2 is 2.19 bits per heavy atom. The topological polar surface area (TPSA) is 94.8 Å². The molecule has 1 fully saturated rings. The lowest BCUT2D eigenvalue weighted by Gasteiger charge is -2.20. The van der Waals surface area contributed by atoms with E-state index in [9.17, 15) is 14.4 Å². The first-order valence-electron chi connectivity index (χ1n) is 5.25. The molecule has 0 aliphatic carbocycles. The van der Waals surface area contributed by atoms with Crippen LogP contribution in [-0.4, -0.2) is 28.8 Å². The quantitative estimate of drug-likeness (QED) is 0.575. The van der Waals surface area contributed by atoms with Gasteiger partial charge in [0.1, 0.15) is 0 Å². The van der Waals surface area contributed by atoms with E-state index in [4.69, 9.17) is 0 Å². The summed E-state index contributed by atoms with van der Waals surface area (Å²) in [4.78, 5) is 38.5. The van der Waals surface area contributed by atoms with E-state index in [0.29, 0.717) is 6.54 Å². The van der Waals surface area contributed by atoms with E-state index < -0.39 is 11.2 Å². The van der Waals surface area contributed by atoms with Gasteiger partial charge in [-0.3, -0.25) is 14.6 Å². The molecule has 1 aliphatic rings. The molecular weight excluding hydrogens is 210 g/mol. The Labute approximate surface area is 91.1 Å². The molecule has 0 bridgehead atoms. The molecule has 2 heterocycles. The van der Waals surface area contributed by atoms with Gasteiger partial charge in [0.2, 0.25) is 0 Å². The maximum Gasteiger partial charge on any atom is 0.325 e. The van der Waals surface area contributed by atoms with E-state index in [2.05, 4.69) is 15.3 Å². The molecule has 16 heavy (non-hydrogen) atoms. The van der Waals surface area contributed by atoms with Crippen molar-refractivity contribution in [3.8, 4) is 0 Å². The minimum atomic E-state index is -0.612. The molecule has 0 saturated carbocycles. The molecular formula is C10H13N3O3. The molecule has 0 aromatic carbocycles. The fraction of sp³-hybridized carbons (Fsp3) is 0.500. The number of hydrogen-bond donors (Lipinski definition) is 3. The van der Waals surface area contributed by atoms with Crippen molar-refractivity contribution in [3.05, 3.63) is 32.6 Å². The molecule has 6 nitrogen and oxygen atoms in total. The van der Waals surface area contributed by atoms with Gasteiger partial charge in [-0.25, -0.2) is 4.79 Å². The Hall–Kier alpha value is -1.69. The van der Waals surface area contributed by atoms with Crippen LogP contribution in [0.2, 0.25) is 0 Å².